The Morgan fingerprint density at radius 2 is 1.91 bits per heavy atom. The molecule has 4 heterocycles. The van der Waals surface area contributed by atoms with Crippen LogP contribution in [0.1, 0.15) is 27.5 Å². The zero-order chi connectivity index (χ0) is 22.4. The van der Waals surface area contributed by atoms with E-state index in [1.54, 1.807) is 0 Å². The number of ketones is 1. The molecule has 0 radical (unpaired) electrons. The molecule has 0 N–H and O–H groups in total. The summed E-state index contributed by atoms with van der Waals surface area (Å²) in [5, 5.41) is 6.54. The van der Waals surface area contributed by atoms with Crippen molar-refractivity contribution in [3.05, 3.63) is 87.2 Å². The van der Waals surface area contributed by atoms with Gasteiger partial charge in [0.2, 0.25) is 0 Å². The molecule has 0 aliphatic carbocycles. The van der Waals surface area contributed by atoms with Gasteiger partial charge < -0.3 is 4.52 Å². The first-order valence-electron chi connectivity index (χ1n) is 10.1. The third-order valence-electron chi connectivity index (χ3n) is 5.54. The van der Waals surface area contributed by atoms with Gasteiger partial charge in [0, 0.05) is 34.0 Å². The monoisotopic (exact) mass is 444 g/mol. The smallest absolute Gasteiger partial charge is 0.263 e. The Bertz CT molecular complexity index is 1520. The van der Waals surface area contributed by atoms with Gasteiger partial charge in [0.1, 0.15) is 10.6 Å². The fourth-order valence-electron chi connectivity index (χ4n) is 4.01. The molecular formula is C24H20N4O3S. The molecule has 1 aromatic carbocycles. The van der Waals surface area contributed by atoms with Gasteiger partial charge in [0.05, 0.1) is 18.3 Å². The lowest BCUT2D eigenvalue weighted by Gasteiger charge is -2.07. The quantitative estimate of drug-likeness (QED) is 0.367. The Balaban J connectivity index is 1.52. The van der Waals surface area contributed by atoms with Crippen LogP contribution < -0.4 is 5.56 Å². The highest BCUT2D eigenvalue weighted by molar-refractivity contribution is 7.17. The van der Waals surface area contributed by atoms with Gasteiger partial charge in [0.25, 0.3) is 5.56 Å². The number of hydrogen-bond acceptors (Lipinski definition) is 6. The second-order valence-electron chi connectivity index (χ2n) is 7.71. The molecule has 5 aromatic rings. The third kappa shape index (κ3) is 3.29. The first-order valence-corrected chi connectivity index (χ1v) is 11.0. The zero-order valence-electron chi connectivity index (χ0n) is 17.8. The van der Waals surface area contributed by atoms with E-state index in [9.17, 15) is 9.59 Å². The lowest BCUT2D eigenvalue weighted by molar-refractivity contribution is 0.0970. The maximum atomic E-state index is 13.3. The van der Waals surface area contributed by atoms with Gasteiger partial charge in [0.15, 0.2) is 11.6 Å². The summed E-state index contributed by atoms with van der Waals surface area (Å²) in [4.78, 5) is 31.6. The van der Waals surface area contributed by atoms with Crippen molar-refractivity contribution < 1.29 is 9.32 Å². The lowest BCUT2D eigenvalue weighted by atomic mass is 10.1. The predicted molar refractivity (Wildman–Crippen MR) is 124 cm³/mol. The van der Waals surface area contributed by atoms with Crippen molar-refractivity contribution in [1.82, 2.24) is 19.3 Å². The second-order valence-corrected chi connectivity index (χ2v) is 8.57. The second kappa shape index (κ2) is 7.72. The summed E-state index contributed by atoms with van der Waals surface area (Å²) in [5.41, 5.74) is 3.73. The van der Waals surface area contributed by atoms with E-state index in [1.807, 2.05) is 73.2 Å². The fraction of sp³-hybridized carbons (Fsp3) is 0.167. The Kier molecular flexibility index (Phi) is 4.86. The molecule has 0 aliphatic rings. The van der Waals surface area contributed by atoms with Crippen LogP contribution in [-0.2, 0) is 6.54 Å². The number of fused-ring (bicyclic) bond motifs is 1. The predicted octanol–water partition coefficient (Wildman–Crippen LogP) is 4.71. The van der Waals surface area contributed by atoms with E-state index in [1.165, 1.54) is 22.2 Å². The van der Waals surface area contributed by atoms with Gasteiger partial charge in [-0.3, -0.25) is 18.7 Å². The number of carbonyl (C=O) groups is 1. The molecule has 5 rings (SSSR count). The van der Waals surface area contributed by atoms with E-state index in [4.69, 9.17) is 4.52 Å². The molecule has 0 amide bonds. The minimum absolute atomic E-state index is 0.0893. The van der Waals surface area contributed by atoms with Crippen LogP contribution in [0.15, 0.2) is 63.5 Å². The number of nitrogens with zero attached hydrogens (tertiary/aromatic N) is 4. The van der Waals surface area contributed by atoms with Gasteiger partial charge in [-0.1, -0.05) is 35.5 Å². The number of hydrogen-bond donors (Lipinski definition) is 0. The van der Waals surface area contributed by atoms with Gasteiger partial charge >= 0.3 is 0 Å². The van der Waals surface area contributed by atoms with Crippen LogP contribution in [0.5, 0.6) is 0 Å². The number of benzene rings is 1. The third-order valence-corrected chi connectivity index (χ3v) is 6.42. The van der Waals surface area contributed by atoms with Gasteiger partial charge in [-0.15, -0.1) is 11.3 Å². The van der Waals surface area contributed by atoms with E-state index in [-0.39, 0.29) is 17.9 Å². The zero-order valence-corrected chi connectivity index (χ0v) is 18.6. The van der Waals surface area contributed by atoms with Crippen molar-refractivity contribution in [2.45, 2.75) is 27.3 Å². The summed E-state index contributed by atoms with van der Waals surface area (Å²) in [6, 6.07) is 13.4. The molecule has 0 unspecified atom stereocenters. The summed E-state index contributed by atoms with van der Waals surface area (Å²) >= 11 is 1.43. The topological polar surface area (TPSA) is 82.9 Å². The van der Waals surface area contributed by atoms with Gasteiger partial charge in [-0.05, 0) is 32.4 Å². The van der Waals surface area contributed by atoms with Crippen LogP contribution >= 0.6 is 11.3 Å². The lowest BCUT2D eigenvalue weighted by Crippen LogP contribution is -2.24. The van der Waals surface area contributed by atoms with E-state index in [0.29, 0.717) is 27.4 Å². The Morgan fingerprint density at radius 1 is 1.12 bits per heavy atom. The SMILES string of the molecule is Cc1cc(-n2c(C)cc(C(=O)Cn3cnc4scc(-c5ccccc5)c4c3=O)c2C)no1. The summed E-state index contributed by atoms with van der Waals surface area (Å²) in [6.07, 6.45) is 1.45. The van der Waals surface area contributed by atoms with Gasteiger partial charge in [-0.25, -0.2) is 4.98 Å². The summed E-state index contributed by atoms with van der Waals surface area (Å²) in [6.45, 7) is 5.50. The normalized spacial score (nSPS) is 11.3. The molecule has 0 saturated carbocycles. The molecular weight excluding hydrogens is 424 g/mol. The van der Waals surface area contributed by atoms with Crippen LogP contribution in [-0.4, -0.2) is 25.1 Å². The average Bonchev–Trinajstić information content (AvgIpc) is 3.48. The van der Waals surface area contributed by atoms with Crippen LogP contribution in [0, 0.1) is 20.8 Å². The molecule has 160 valence electrons. The number of aryl methyl sites for hydroxylation is 2. The highest BCUT2D eigenvalue weighted by Gasteiger charge is 2.20. The van der Waals surface area contributed by atoms with E-state index in [0.717, 1.165) is 22.5 Å². The van der Waals surface area contributed by atoms with Crippen LogP contribution in [0.2, 0.25) is 0 Å². The van der Waals surface area contributed by atoms with Crippen molar-refractivity contribution in [2.75, 3.05) is 0 Å². The number of thiophene rings is 1. The van der Waals surface area contributed by atoms with Gasteiger partial charge in [-0.2, -0.15) is 0 Å². The molecule has 8 heteroatoms. The molecule has 7 nitrogen and oxygen atoms in total. The number of aromatic nitrogens is 4. The highest BCUT2D eigenvalue weighted by atomic mass is 32.1. The first-order chi connectivity index (χ1) is 15.4. The van der Waals surface area contributed by atoms with Crippen molar-refractivity contribution in [1.29, 1.82) is 0 Å². The van der Waals surface area contributed by atoms with Crippen LogP contribution in [0.4, 0.5) is 0 Å². The molecule has 0 bridgehead atoms. The number of Topliss-reactive ketones (excluding diaryl/α,β-unsaturated/α-hetero) is 1. The molecule has 0 aliphatic heterocycles. The van der Waals surface area contributed by atoms with E-state index >= 15 is 0 Å². The molecule has 0 saturated heterocycles. The Labute approximate surface area is 187 Å². The van der Waals surface area contributed by atoms with E-state index < -0.39 is 0 Å². The van der Waals surface area contributed by atoms with Crippen LogP contribution in [0.25, 0.3) is 27.2 Å². The Hall–Kier alpha value is -3.78. The largest absolute Gasteiger partial charge is 0.360 e. The molecule has 0 atom stereocenters. The maximum absolute atomic E-state index is 13.3. The number of rotatable bonds is 5. The van der Waals surface area contributed by atoms with E-state index in [2.05, 4.69) is 10.1 Å². The maximum Gasteiger partial charge on any atom is 0.263 e. The summed E-state index contributed by atoms with van der Waals surface area (Å²) < 4.78 is 8.44. The van der Waals surface area contributed by atoms with Crippen molar-refractivity contribution in [3.63, 3.8) is 0 Å². The molecule has 4 aromatic heterocycles. The summed E-state index contributed by atoms with van der Waals surface area (Å²) in [7, 11) is 0. The minimum atomic E-state index is -0.218. The minimum Gasteiger partial charge on any atom is -0.360 e. The van der Waals surface area contributed by atoms with Crippen molar-refractivity contribution >= 4 is 27.3 Å². The summed E-state index contributed by atoms with van der Waals surface area (Å²) in [5.74, 6) is 1.16. The first kappa shape index (κ1) is 20.1. The highest BCUT2D eigenvalue weighted by Crippen LogP contribution is 2.30. The molecule has 32 heavy (non-hydrogen) atoms. The van der Waals surface area contributed by atoms with Crippen LogP contribution in [0.3, 0.4) is 0 Å². The molecule has 0 fully saturated rings. The van der Waals surface area contributed by atoms with Crippen molar-refractivity contribution in [3.8, 4) is 16.9 Å². The van der Waals surface area contributed by atoms with Crippen molar-refractivity contribution in [2.24, 2.45) is 0 Å². The Morgan fingerprint density at radius 3 is 2.62 bits per heavy atom. The average molecular weight is 445 g/mol. The fourth-order valence-corrected chi connectivity index (χ4v) is 4.91. The molecule has 0 spiro atoms. The number of carbonyl (C=O) groups excluding carboxylic acids is 1. The standard InChI is InChI=1S/C24H20N4O3S/c1-14-9-18(16(3)28(14)21-10-15(2)31-26-21)20(29)11-27-13-25-23-22(24(27)30)19(12-32-23)17-7-5-4-6-8-17/h4-10,12-13H,11H2,1-3H3.